The van der Waals surface area contributed by atoms with Crippen molar-refractivity contribution in [1.29, 1.82) is 0 Å². The highest BCUT2D eigenvalue weighted by Gasteiger charge is 2.40. The first-order valence-electron chi connectivity index (χ1n) is 7.27. The number of amides is 1. The molecule has 0 spiro atoms. The molecule has 1 aliphatic rings. The largest absolute Gasteiger partial charge is 0.269 e. The van der Waals surface area contributed by atoms with Crippen LogP contribution in [0.15, 0.2) is 52.3 Å². The van der Waals surface area contributed by atoms with Crippen LogP contribution in [0.4, 0.5) is 0 Å². The number of carbonyl (C=O) groups is 1. The number of hydrogen-bond acceptors (Lipinski definition) is 4. The summed E-state index contributed by atoms with van der Waals surface area (Å²) in [6.07, 6.45) is 0. The number of nitrogens with zero attached hydrogens (tertiary/aromatic N) is 1. The second kappa shape index (κ2) is 6.02. The summed E-state index contributed by atoms with van der Waals surface area (Å²) in [6.45, 7) is 4.22. The Morgan fingerprint density at radius 2 is 1.83 bits per heavy atom. The van der Waals surface area contributed by atoms with Crippen molar-refractivity contribution >= 4 is 27.7 Å². The molecule has 1 heterocycles. The fourth-order valence-corrected chi connectivity index (χ4v) is 5.30. The van der Waals surface area contributed by atoms with Crippen molar-refractivity contribution < 1.29 is 13.2 Å². The Morgan fingerprint density at radius 1 is 1.09 bits per heavy atom. The van der Waals surface area contributed by atoms with E-state index < -0.39 is 15.9 Å². The van der Waals surface area contributed by atoms with Gasteiger partial charge in [0.25, 0.3) is 15.9 Å². The van der Waals surface area contributed by atoms with E-state index in [1.165, 1.54) is 6.07 Å². The van der Waals surface area contributed by atoms with Gasteiger partial charge in [0.15, 0.2) is 0 Å². The molecule has 1 amide bonds. The third-order valence-electron chi connectivity index (χ3n) is 3.81. The quantitative estimate of drug-likeness (QED) is 0.797. The zero-order valence-electron chi connectivity index (χ0n) is 12.9. The smallest absolute Gasteiger partial charge is 0.268 e. The Kier molecular flexibility index (Phi) is 4.21. The van der Waals surface area contributed by atoms with Gasteiger partial charge in [-0.15, -0.1) is 11.8 Å². The Labute approximate surface area is 140 Å². The molecule has 120 valence electrons. The molecule has 0 radical (unpaired) electrons. The minimum Gasteiger partial charge on any atom is -0.268 e. The molecule has 4 nitrogen and oxygen atoms in total. The van der Waals surface area contributed by atoms with Crippen molar-refractivity contribution in [3.63, 3.8) is 0 Å². The molecule has 0 atom stereocenters. The first-order chi connectivity index (χ1) is 10.9. The molecule has 6 heteroatoms. The Balaban J connectivity index is 1.75. The normalized spacial score (nSPS) is 15.7. The number of benzene rings is 2. The Bertz CT molecular complexity index is 875. The summed E-state index contributed by atoms with van der Waals surface area (Å²) in [5, 5.41) is 0. The van der Waals surface area contributed by atoms with E-state index in [4.69, 9.17) is 0 Å². The van der Waals surface area contributed by atoms with Crippen LogP contribution in [-0.4, -0.2) is 30.9 Å². The first kappa shape index (κ1) is 16.1. The van der Waals surface area contributed by atoms with Gasteiger partial charge in [-0.25, -0.2) is 12.7 Å². The highest BCUT2D eigenvalue weighted by Crippen LogP contribution is 2.31. The van der Waals surface area contributed by atoms with Crippen LogP contribution in [0.1, 0.15) is 21.5 Å². The molecule has 0 saturated heterocycles. The van der Waals surface area contributed by atoms with Crippen LogP contribution in [0.2, 0.25) is 0 Å². The summed E-state index contributed by atoms with van der Waals surface area (Å²) in [5.74, 6) is 0.102. The van der Waals surface area contributed by atoms with Crippen LogP contribution in [0.5, 0.6) is 0 Å². The molecule has 23 heavy (non-hydrogen) atoms. The molecule has 0 bridgehead atoms. The lowest BCUT2D eigenvalue weighted by atomic mass is 10.2. The predicted octanol–water partition coefficient (Wildman–Crippen LogP) is 3.24. The van der Waals surface area contributed by atoms with Crippen molar-refractivity contribution in [2.45, 2.75) is 23.6 Å². The van der Waals surface area contributed by atoms with Gasteiger partial charge in [-0.2, -0.15) is 0 Å². The fraction of sp³-hybridized carbons (Fsp3) is 0.235. The predicted molar refractivity (Wildman–Crippen MR) is 91.3 cm³/mol. The number of sulfonamides is 1. The van der Waals surface area contributed by atoms with Crippen LogP contribution in [0.25, 0.3) is 0 Å². The molecule has 1 aliphatic heterocycles. The second-order valence-corrected chi connectivity index (χ2v) is 8.46. The van der Waals surface area contributed by atoms with Crippen LogP contribution in [0.3, 0.4) is 0 Å². The lowest BCUT2D eigenvalue weighted by molar-refractivity contribution is 0.0876. The van der Waals surface area contributed by atoms with Crippen molar-refractivity contribution in [1.82, 2.24) is 4.31 Å². The Morgan fingerprint density at radius 3 is 2.57 bits per heavy atom. The molecule has 0 aliphatic carbocycles. The third-order valence-corrected chi connectivity index (χ3v) is 6.79. The van der Waals surface area contributed by atoms with E-state index in [0.717, 1.165) is 20.3 Å². The van der Waals surface area contributed by atoms with E-state index in [1.807, 2.05) is 26.0 Å². The number of carbonyl (C=O) groups excluding carboxylic acids is 1. The topological polar surface area (TPSA) is 54.5 Å². The second-order valence-electron chi connectivity index (χ2n) is 5.50. The summed E-state index contributed by atoms with van der Waals surface area (Å²) in [4.78, 5) is 13.5. The lowest BCUT2D eigenvalue weighted by Gasteiger charge is -2.15. The summed E-state index contributed by atoms with van der Waals surface area (Å²) in [5.41, 5.74) is 2.58. The molecule has 0 aromatic heterocycles. The van der Waals surface area contributed by atoms with Crippen molar-refractivity contribution in [3.8, 4) is 0 Å². The van der Waals surface area contributed by atoms with E-state index in [0.29, 0.717) is 5.75 Å². The molecule has 3 rings (SSSR count). The molecule has 0 fully saturated rings. The molecule has 2 aromatic carbocycles. The maximum atomic E-state index is 12.5. The number of aryl methyl sites for hydroxylation is 2. The fourth-order valence-electron chi connectivity index (χ4n) is 2.55. The van der Waals surface area contributed by atoms with Gasteiger partial charge in [-0.05, 0) is 37.6 Å². The van der Waals surface area contributed by atoms with E-state index in [9.17, 15) is 13.2 Å². The van der Waals surface area contributed by atoms with Crippen molar-refractivity contribution in [2.75, 3.05) is 12.3 Å². The van der Waals surface area contributed by atoms with Gasteiger partial charge in [0.05, 0.1) is 5.56 Å². The highest BCUT2D eigenvalue weighted by atomic mass is 32.2. The standard InChI is InChI=1S/C17H17NO3S2/c1-12-7-8-13(2)15(11-12)22-10-9-18-17(19)14-5-3-4-6-16(14)23(18,20)21/h3-8,11H,9-10H2,1-2H3. The van der Waals surface area contributed by atoms with Gasteiger partial charge < -0.3 is 0 Å². The van der Waals surface area contributed by atoms with Crippen molar-refractivity contribution in [3.05, 3.63) is 59.2 Å². The molecule has 2 aromatic rings. The van der Waals surface area contributed by atoms with Gasteiger partial charge in [0.2, 0.25) is 0 Å². The molecule has 0 unspecified atom stereocenters. The van der Waals surface area contributed by atoms with Crippen LogP contribution in [0, 0.1) is 13.8 Å². The van der Waals surface area contributed by atoms with E-state index in [1.54, 1.807) is 30.0 Å². The molecule has 0 N–H and O–H groups in total. The van der Waals surface area contributed by atoms with Gasteiger partial charge >= 0.3 is 0 Å². The molecule has 0 saturated carbocycles. The molecular formula is C17H17NO3S2. The SMILES string of the molecule is Cc1ccc(C)c(SCCN2C(=O)c3ccccc3S2(=O)=O)c1. The number of hydrogen-bond donors (Lipinski definition) is 0. The lowest BCUT2D eigenvalue weighted by Crippen LogP contribution is -2.32. The van der Waals surface area contributed by atoms with Crippen LogP contribution in [-0.2, 0) is 10.0 Å². The van der Waals surface area contributed by atoms with E-state index in [-0.39, 0.29) is 17.0 Å². The maximum absolute atomic E-state index is 12.5. The number of fused-ring (bicyclic) bond motifs is 1. The monoisotopic (exact) mass is 347 g/mol. The average Bonchev–Trinajstić information content (AvgIpc) is 2.72. The van der Waals surface area contributed by atoms with E-state index in [2.05, 4.69) is 6.07 Å². The minimum atomic E-state index is -3.70. The molecular weight excluding hydrogens is 330 g/mol. The Hall–Kier alpha value is -1.79. The highest BCUT2D eigenvalue weighted by molar-refractivity contribution is 7.99. The summed E-state index contributed by atoms with van der Waals surface area (Å²) in [7, 11) is -3.70. The summed E-state index contributed by atoms with van der Waals surface area (Å²) >= 11 is 1.57. The van der Waals surface area contributed by atoms with E-state index >= 15 is 0 Å². The summed E-state index contributed by atoms with van der Waals surface area (Å²) in [6, 6.07) is 12.5. The number of rotatable bonds is 4. The number of thioether (sulfide) groups is 1. The van der Waals surface area contributed by atoms with Gasteiger partial charge in [0.1, 0.15) is 4.90 Å². The van der Waals surface area contributed by atoms with Crippen LogP contribution < -0.4 is 0 Å². The summed E-state index contributed by atoms with van der Waals surface area (Å²) < 4.78 is 25.9. The van der Waals surface area contributed by atoms with Crippen molar-refractivity contribution in [2.24, 2.45) is 0 Å². The maximum Gasteiger partial charge on any atom is 0.269 e. The zero-order valence-corrected chi connectivity index (χ0v) is 14.6. The van der Waals surface area contributed by atoms with Gasteiger partial charge in [0, 0.05) is 17.2 Å². The van der Waals surface area contributed by atoms with Crippen LogP contribution >= 0.6 is 11.8 Å². The first-order valence-corrected chi connectivity index (χ1v) is 9.70. The third kappa shape index (κ3) is 2.88. The van der Waals surface area contributed by atoms with Gasteiger partial charge in [-0.1, -0.05) is 29.8 Å². The minimum absolute atomic E-state index is 0.113. The zero-order chi connectivity index (χ0) is 16.6. The average molecular weight is 347 g/mol. The van der Waals surface area contributed by atoms with Gasteiger partial charge in [-0.3, -0.25) is 4.79 Å².